The third-order valence-electron chi connectivity index (χ3n) is 6.57. The van der Waals surface area contributed by atoms with Crippen LogP contribution >= 0.6 is 0 Å². The van der Waals surface area contributed by atoms with E-state index >= 15 is 0 Å². The van der Waals surface area contributed by atoms with Crippen LogP contribution in [0.5, 0.6) is 5.88 Å². The Morgan fingerprint density at radius 1 is 1.18 bits per heavy atom. The fourth-order valence-corrected chi connectivity index (χ4v) is 4.74. The minimum absolute atomic E-state index is 0.0198. The minimum atomic E-state index is -0.875. The van der Waals surface area contributed by atoms with Crippen molar-refractivity contribution in [3.63, 3.8) is 0 Å². The SMILES string of the molecule is CC(C)Oc1ccc([C@H](O)[C@@H](CN2CCCC2)NC(=O)C2CCN(c3ccc(F)cc3)C2)cn1. The number of pyridine rings is 1. The van der Waals surface area contributed by atoms with Crippen LogP contribution in [0, 0.1) is 11.7 Å². The molecule has 0 radical (unpaired) electrons. The number of nitrogens with one attached hydrogen (secondary N) is 1. The van der Waals surface area contributed by atoms with E-state index in [1.54, 1.807) is 24.4 Å². The molecule has 1 amide bonds. The molecule has 2 fully saturated rings. The van der Waals surface area contributed by atoms with Gasteiger partial charge >= 0.3 is 0 Å². The second kappa shape index (κ2) is 11.1. The summed E-state index contributed by atoms with van der Waals surface area (Å²) in [6.07, 6.45) is 3.76. The maximum absolute atomic E-state index is 13.3. The molecule has 1 aromatic carbocycles. The van der Waals surface area contributed by atoms with Crippen molar-refractivity contribution in [2.75, 3.05) is 37.6 Å². The number of likely N-dealkylation sites (tertiary alicyclic amines) is 1. The van der Waals surface area contributed by atoms with E-state index in [-0.39, 0.29) is 23.7 Å². The van der Waals surface area contributed by atoms with Crippen LogP contribution < -0.4 is 15.0 Å². The lowest BCUT2D eigenvalue weighted by atomic mass is 10.0. The van der Waals surface area contributed by atoms with E-state index in [0.29, 0.717) is 24.5 Å². The number of hydrogen-bond acceptors (Lipinski definition) is 6. The Balaban J connectivity index is 1.42. The van der Waals surface area contributed by atoms with E-state index < -0.39 is 12.1 Å². The van der Waals surface area contributed by atoms with Gasteiger partial charge in [0.2, 0.25) is 11.8 Å². The monoisotopic (exact) mass is 470 g/mol. The zero-order valence-electron chi connectivity index (χ0n) is 20.0. The van der Waals surface area contributed by atoms with E-state index in [0.717, 1.165) is 44.6 Å². The molecule has 1 unspecified atom stereocenters. The van der Waals surface area contributed by atoms with E-state index in [4.69, 9.17) is 4.74 Å². The Morgan fingerprint density at radius 2 is 1.91 bits per heavy atom. The molecule has 0 spiro atoms. The maximum atomic E-state index is 13.3. The zero-order valence-corrected chi connectivity index (χ0v) is 20.0. The number of hydrogen-bond donors (Lipinski definition) is 2. The first-order valence-electron chi connectivity index (χ1n) is 12.2. The lowest BCUT2D eigenvalue weighted by Gasteiger charge is -2.29. The summed E-state index contributed by atoms with van der Waals surface area (Å²) in [5.41, 5.74) is 1.57. The molecule has 2 aliphatic heterocycles. The van der Waals surface area contributed by atoms with Crippen LogP contribution in [0.2, 0.25) is 0 Å². The highest BCUT2D eigenvalue weighted by atomic mass is 19.1. The van der Waals surface area contributed by atoms with Gasteiger partial charge in [0.25, 0.3) is 0 Å². The van der Waals surface area contributed by atoms with Gasteiger partial charge in [-0.3, -0.25) is 4.79 Å². The molecule has 2 aliphatic rings. The Bertz CT molecular complexity index is 932. The van der Waals surface area contributed by atoms with Crippen molar-refractivity contribution in [2.24, 2.45) is 5.92 Å². The molecule has 34 heavy (non-hydrogen) atoms. The molecule has 0 aliphatic carbocycles. The Kier molecular flexibility index (Phi) is 8.00. The largest absolute Gasteiger partial charge is 0.475 e. The number of ether oxygens (including phenoxy) is 1. The summed E-state index contributed by atoms with van der Waals surface area (Å²) < 4.78 is 18.9. The summed E-state index contributed by atoms with van der Waals surface area (Å²) in [4.78, 5) is 21.9. The minimum Gasteiger partial charge on any atom is -0.475 e. The quantitative estimate of drug-likeness (QED) is 0.586. The normalized spacial score (nSPS) is 20.5. The highest BCUT2D eigenvalue weighted by Crippen LogP contribution is 2.26. The third kappa shape index (κ3) is 6.24. The number of benzene rings is 1. The molecule has 3 atom stereocenters. The van der Waals surface area contributed by atoms with Crippen LogP contribution in [-0.2, 0) is 4.79 Å². The van der Waals surface area contributed by atoms with Crippen LogP contribution in [0.4, 0.5) is 10.1 Å². The van der Waals surface area contributed by atoms with E-state index in [9.17, 15) is 14.3 Å². The van der Waals surface area contributed by atoms with Crippen LogP contribution in [0.25, 0.3) is 0 Å². The van der Waals surface area contributed by atoms with Crippen molar-refractivity contribution < 1.29 is 19.0 Å². The van der Waals surface area contributed by atoms with Crippen LogP contribution in [-0.4, -0.2) is 65.8 Å². The van der Waals surface area contributed by atoms with Crippen LogP contribution in [0.15, 0.2) is 42.6 Å². The van der Waals surface area contributed by atoms with Crippen LogP contribution in [0.3, 0.4) is 0 Å². The molecule has 0 bridgehead atoms. The number of halogens is 1. The van der Waals surface area contributed by atoms with Crippen molar-refractivity contribution in [3.8, 4) is 5.88 Å². The summed E-state index contributed by atoms with van der Waals surface area (Å²) in [6.45, 7) is 7.72. The zero-order chi connectivity index (χ0) is 24.1. The van der Waals surface area contributed by atoms with Gasteiger partial charge in [-0.05, 0) is 76.5 Å². The fourth-order valence-electron chi connectivity index (χ4n) is 4.74. The van der Waals surface area contributed by atoms with Crippen LogP contribution in [0.1, 0.15) is 44.8 Å². The Morgan fingerprint density at radius 3 is 2.56 bits per heavy atom. The van der Waals surface area contributed by atoms with Gasteiger partial charge in [0.05, 0.1) is 18.1 Å². The summed E-state index contributed by atoms with van der Waals surface area (Å²) in [6, 6.07) is 9.50. The van der Waals surface area contributed by atoms with Gasteiger partial charge < -0.3 is 25.0 Å². The van der Waals surface area contributed by atoms with E-state index in [1.807, 2.05) is 19.9 Å². The molecule has 2 saturated heterocycles. The van der Waals surface area contributed by atoms with Gasteiger partial charge in [-0.1, -0.05) is 0 Å². The molecule has 1 aromatic heterocycles. The van der Waals surface area contributed by atoms with Gasteiger partial charge in [0.1, 0.15) is 11.9 Å². The summed E-state index contributed by atoms with van der Waals surface area (Å²) in [5, 5.41) is 14.3. The standard InChI is InChI=1S/C26H35FN4O3/c1-18(2)34-24-10-5-19(15-28-24)25(32)23(17-30-12-3-4-13-30)29-26(33)20-11-14-31(16-20)22-8-6-21(27)7-9-22/h5-10,15,18,20,23,25,32H,3-4,11-14,16-17H2,1-2H3,(H,29,33)/t20?,23-,25+/m1/s1. The number of aliphatic hydroxyl groups is 1. The summed E-state index contributed by atoms with van der Waals surface area (Å²) in [7, 11) is 0. The molecule has 3 heterocycles. The number of carbonyl (C=O) groups excluding carboxylic acids is 1. The second-order valence-electron chi connectivity index (χ2n) is 9.57. The predicted molar refractivity (Wildman–Crippen MR) is 129 cm³/mol. The first-order valence-corrected chi connectivity index (χ1v) is 12.2. The molecule has 0 saturated carbocycles. The molecular formula is C26H35FN4O3. The number of rotatable bonds is 9. The Hall–Kier alpha value is -2.71. The van der Waals surface area contributed by atoms with Crippen molar-refractivity contribution in [2.45, 2.75) is 51.4 Å². The van der Waals surface area contributed by atoms with Gasteiger partial charge in [-0.25, -0.2) is 9.37 Å². The predicted octanol–water partition coefficient (Wildman–Crippen LogP) is 3.15. The van der Waals surface area contributed by atoms with Crippen molar-refractivity contribution in [3.05, 3.63) is 54.0 Å². The number of amides is 1. The molecule has 184 valence electrons. The van der Waals surface area contributed by atoms with Crippen molar-refractivity contribution >= 4 is 11.6 Å². The number of nitrogens with zero attached hydrogens (tertiary/aromatic N) is 3. The second-order valence-corrected chi connectivity index (χ2v) is 9.57. The molecule has 2 N–H and O–H groups in total. The van der Waals surface area contributed by atoms with Gasteiger partial charge in [-0.2, -0.15) is 0 Å². The lowest BCUT2D eigenvalue weighted by Crippen LogP contribution is -2.48. The third-order valence-corrected chi connectivity index (χ3v) is 6.57. The Labute approximate surface area is 200 Å². The molecule has 8 heteroatoms. The molecule has 7 nitrogen and oxygen atoms in total. The van der Waals surface area contributed by atoms with E-state index in [2.05, 4.69) is 20.1 Å². The number of anilines is 1. The highest BCUT2D eigenvalue weighted by molar-refractivity contribution is 5.80. The molecular weight excluding hydrogens is 435 g/mol. The lowest BCUT2D eigenvalue weighted by molar-refractivity contribution is -0.126. The van der Waals surface area contributed by atoms with Gasteiger partial charge in [0, 0.05) is 43.1 Å². The topological polar surface area (TPSA) is 77.9 Å². The van der Waals surface area contributed by atoms with Gasteiger partial charge in [0.15, 0.2) is 0 Å². The first-order chi connectivity index (χ1) is 16.4. The highest BCUT2D eigenvalue weighted by Gasteiger charge is 2.33. The molecule has 4 rings (SSSR count). The first kappa shape index (κ1) is 24.4. The number of aromatic nitrogens is 1. The average molecular weight is 471 g/mol. The van der Waals surface area contributed by atoms with Crippen molar-refractivity contribution in [1.29, 1.82) is 0 Å². The molecule has 2 aromatic rings. The fraction of sp³-hybridized carbons (Fsp3) is 0.538. The maximum Gasteiger partial charge on any atom is 0.225 e. The number of carbonyl (C=O) groups is 1. The summed E-state index contributed by atoms with van der Waals surface area (Å²) >= 11 is 0. The average Bonchev–Trinajstić information content (AvgIpc) is 3.51. The summed E-state index contributed by atoms with van der Waals surface area (Å²) in [5.74, 6) is 0.00560. The smallest absolute Gasteiger partial charge is 0.225 e. The van der Waals surface area contributed by atoms with Gasteiger partial charge in [-0.15, -0.1) is 0 Å². The van der Waals surface area contributed by atoms with E-state index in [1.165, 1.54) is 12.1 Å². The number of aliphatic hydroxyl groups excluding tert-OH is 1. The van der Waals surface area contributed by atoms with Crippen molar-refractivity contribution in [1.82, 2.24) is 15.2 Å².